The van der Waals surface area contributed by atoms with E-state index in [-0.39, 0.29) is 0 Å². The van der Waals surface area contributed by atoms with Gasteiger partial charge in [-0.25, -0.2) is 0 Å². The van der Waals surface area contributed by atoms with Gasteiger partial charge < -0.3 is 10.2 Å². The second-order valence-corrected chi connectivity index (χ2v) is 6.93. The van der Waals surface area contributed by atoms with Gasteiger partial charge >= 0.3 is 0 Å². The second kappa shape index (κ2) is 6.73. The smallest absolute Gasteiger partial charge is 0.0271 e. The standard InChI is InChI=1S/C18H30N2/c1-18(2)13-8-11-16(17(18)19-3)20(4)14-12-15-9-6-5-7-10-15/h5-7,9-10,16-17,19H,8,11-14H2,1-4H3. The first kappa shape index (κ1) is 15.5. The average molecular weight is 274 g/mol. The van der Waals surface area contributed by atoms with Gasteiger partial charge in [0.15, 0.2) is 0 Å². The normalized spacial score (nSPS) is 25.9. The highest BCUT2D eigenvalue weighted by Crippen LogP contribution is 2.37. The molecule has 0 heterocycles. The first-order valence-corrected chi connectivity index (χ1v) is 7.96. The molecule has 1 fully saturated rings. The molecule has 0 amide bonds. The van der Waals surface area contributed by atoms with Crippen LogP contribution in [0.1, 0.15) is 38.7 Å². The number of rotatable bonds is 5. The van der Waals surface area contributed by atoms with E-state index in [0.717, 1.165) is 13.0 Å². The maximum atomic E-state index is 3.58. The van der Waals surface area contributed by atoms with Crippen LogP contribution in [0, 0.1) is 5.41 Å². The summed E-state index contributed by atoms with van der Waals surface area (Å²) in [6.45, 7) is 5.96. The summed E-state index contributed by atoms with van der Waals surface area (Å²) in [4.78, 5) is 2.56. The average Bonchev–Trinajstić information content (AvgIpc) is 2.44. The van der Waals surface area contributed by atoms with Gasteiger partial charge in [0.25, 0.3) is 0 Å². The van der Waals surface area contributed by atoms with Crippen molar-refractivity contribution in [3.8, 4) is 0 Å². The lowest BCUT2D eigenvalue weighted by molar-refractivity contribution is 0.0678. The molecule has 2 rings (SSSR count). The zero-order chi connectivity index (χ0) is 14.6. The van der Waals surface area contributed by atoms with E-state index < -0.39 is 0 Å². The lowest BCUT2D eigenvalue weighted by Crippen LogP contribution is -2.57. The first-order valence-electron chi connectivity index (χ1n) is 7.96. The molecule has 1 saturated carbocycles. The molecule has 0 aliphatic heterocycles. The first-order chi connectivity index (χ1) is 9.54. The van der Waals surface area contributed by atoms with Gasteiger partial charge in [0, 0.05) is 18.6 Å². The van der Waals surface area contributed by atoms with E-state index >= 15 is 0 Å². The molecule has 0 saturated heterocycles. The van der Waals surface area contributed by atoms with Gasteiger partial charge in [-0.15, -0.1) is 0 Å². The fourth-order valence-corrected chi connectivity index (χ4v) is 3.78. The molecule has 1 aromatic carbocycles. The summed E-state index contributed by atoms with van der Waals surface area (Å²) in [5.74, 6) is 0. The van der Waals surface area contributed by atoms with Crippen LogP contribution < -0.4 is 5.32 Å². The van der Waals surface area contributed by atoms with Gasteiger partial charge in [0.1, 0.15) is 0 Å². The zero-order valence-corrected chi connectivity index (χ0v) is 13.5. The number of nitrogens with zero attached hydrogens (tertiary/aromatic N) is 1. The largest absolute Gasteiger partial charge is 0.315 e. The monoisotopic (exact) mass is 274 g/mol. The van der Waals surface area contributed by atoms with Gasteiger partial charge in [-0.2, -0.15) is 0 Å². The van der Waals surface area contributed by atoms with Crippen molar-refractivity contribution >= 4 is 0 Å². The maximum Gasteiger partial charge on any atom is 0.0271 e. The lowest BCUT2D eigenvalue weighted by Gasteiger charge is -2.47. The molecule has 20 heavy (non-hydrogen) atoms. The Kier molecular flexibility index (Phi) is 5.22. The van der Waals surface area contributed by atoms with Crippen LogP contribution >= 0.6 is 0 Å². The molecule has 2 atom stereocenters. The van der Waals surface area contributed by atoms with E-state index in [0.29, 0.717) is 17.5 Å². The second-order valence-electron chi connectivity index (χ2n) is 6.93. The molecule has 1 N–H and O–H groups in total. The summed E-state index contributed by atoms with van der Waals surface area (Å²) in [6.07, 6.45) is 5.15. The summed E-state index contributed by atoms with van der Waals surface area (Å²) in [5.41, 5.74) is 1.84. The van der Waals surface area contributed by atoms with Crippen LogP contribution in [0.15, 0.2) is 30.3 Å². The lowest BCUT2D eigenvalue weighted by atomic mass is 9.70. The van der Waals surface area contributed by atoms with Crippen LogP contribution in [0.3, 0.4) is 0 Å². The van der Waals surface area contributed by atoms with Crippen molar-refractivity contribution in [1.82, 2.24) is 10.2 Å². The third-order valence-corrected chi connectivity index (χ3v) is 5.02. The molecular weight excluding hydrogens is 244 g/mol. The minimum absolute atomic E-state index is 0.401. The predicted molar refractivity (Wildman–Crippen MR) is 87.0 cm³/mol. The summed E-state index contributed by atoms with van der Waals surface area (Å²) >= 11 is 0. The highest BCUT2D eigenvalue weighted by Gasteiger charge is 2.39. The zero-order valence-electron chi connectivity index (χ0n) is 13.5. The highest BCUT2D eigenvalue weighted by atomic mass is 15.2. The van der Waals surface area contributed by atoms with Crippen LogP contribution in [0.4, 0.5) is 0 Å². The van der Waals surface area contributed by atoms with Gasteiger partial charge in [-0.1, -0.05) is 50.6 Å². The SMILES string of the molecule is CNC1C(N(C)CCc2ccccc2)CCCC1(C)C. The molecule has 2 heteroatoms. The molecule has 1 aliphatic carbocycles. The number of hydrogen-bond acceptors (Lipinski definition) is 2. The minimum atomic E-state index is 0.401. The van der Waals surface area contributed by atoms with Gasteiger partial charge in [0.2, 0.25) is 0 Å². The Hall–Kier alpha value is -0.860. The van der Waals surface area contributed by atoms with Crippen LogP contribution in [0.25, 0.3) is 0 Å². The summed E-state index contributed by atoms with van der Waals surface area (Å²) in [6, 6.07) is 12.1. The van der Waals surface area contributed by atoms with Crippen LogP contribution in [-0.4, -0.2) is 37.6 Å². The number of benzene rings is 1. The maximum absolute atomic E-state index is 3.58. The van der Waals surface area contributed by atoms with Crippen molar-refractivity contribution in [1.29, 1.82) is 0 Å². The Morgan fingerprint density at radius 3 is 2.60 bits per heavy atom. The predicted octanol–water partition coefficient (Wildman–Crippen LogP) is 3.33. The number of likely N-dealkylation sites (N-methyl/N-ethyl adjacent to an activating group) is 2. The third-order valence-electron chi connectivity index (χ3n) is 5.02. The van der Waals surface area contributed by atoms with E-state index in [1.807, 2.05) is 0 Å². The van der Waals surface area contributed by atoms with E-state index in [1.54, 1.807) is 0 Å². The Balaban J connectivity index is 1.95. The molecule has 0 radical (unpaired) electrons. The third kappa shape index (κ3) is 3.62. The fourth-order valence-electron chi connectivity index (χ4n) is 3.78. The van der Waals surface area contributed by atoms with Gasteiger partial charge in [-0.05, 0) is 44.3 Å². The Labute approximate surface area is 124 Å². The van der Waals surface area contributed by atoms with E-state index in [9.17, 15) is 0 Å². The Bertz CT molecular complexity index is 399. The van der Waals surface area contributed by atoms with Crippen molar-refractivity contribution in [2.75, 3.05) is 20.6 Å². The van der Waals surface area contributed by atoms with Crippen molar-refractivity contribution in [3.05, 3.63) is 35.9 Å². The fraction of sp³-hybridized carbons (Fsp3) is 0.667. The van der Waals surface area contributed by atoms with E-state index in [1.165, 1.54) is 24.8 Å². The molecule has 0 bridgehead atoms. The molecule has 0 spiro atoms. The summed E-state index contributed by atoms with van der Waals surface area (Å²) in [7, 11) is 4.41. The molecule has 1 aromatic rings. The van der Waals surface area contributed by atoms with Crippen molar-refractivity contribution in [2.24, 2.45) is 5.41 Å². The quantitative estimate of drug-likeness (QED) is 0.886. The molecule has 2 unspecified atom stereocenters. The molecule has 2 nitrogen and oxygen atoms in total. The van der Waals surface area contributed by atoms with Gasteiger partial charge in [-0.3, -0.25) is 0 Å². The topological polar surface area (TPSA) is 15.3 Å². The number of nitrogens with one attached hydrogen (secondary N) is 1. The van der Waals surface area contributed by atoms with Crippen LogP contribution in [0.2, 0.25) is 0 Å². The Morgan fingerprint density at radius 1 is 1.25 bits per heavy atom. The summed E-state index contributed by atoms with van der Waals surface area (Å²) < 4.78 is 0. The molecular formula is C18H30N2. The summed E-state index contributed by atoms with van der Waals surface area (Å²) in [5, 5.41) is 3.58. The van der Waals surface area contributed by atoms with Crippen molar-refractivity contribution in [2.45, 2.75) is 51.6 Å². The van der Waals surface area contributed by atoms with E-state index in [2.05, 4.69) is 68.5 Å². The molecule has 1 aliphatic rings. The number of hydrogen-bond donors (Lipinski definition) is 1. The van der Waals surface area contributed by atoms with Crippen LogP contribution in [-0.2, 0) is 6.42 Å². The minimum Gasteiger partial charge on any atom is -0.315 e. The van der Waals surface area contributed by atoms with Gasteiger partial charge in [0.05, 0.1) is 0 Å². The van der Waals surface area contributed by atoms with Crippen molar-refractivity contribution < 1.29 is 0 Å². The molecule has 112 valence electrons. The van der Waals surface area contributed by atoms with Crippen molar-refractivity contribution in [3.63, 3.8) is 0 Å². The molecule has 0 aromatic heterocycles. The van der Waals surface area contributed by atoms with Crippen LogP contribution in [0.5, 0.6) is 0 Å². The Morgan fingerprint density at radius 2 is 1.95 bits per heavy atom. The highest BCUT2D eigenvalue weighted by molar-refractivity contribution is 5.15. The van der Waals surface area contributed by atoms with E-state index in [4.69, 9.17) is 0 Å².